The third-order valence-electron chi connectivity index (χ3n) is 4.41. The van der Waals surface area contributed by atoms with E-state index in [0.717, 1.165) is 6.26 Å². The lowest BCUT2D eigenvalue weighted by atomic mass is 9.80. The molecule has 0 spiro atoms. The largest absolute Gasteiger partial charge is 0.466 e. The minimum atomic E-state index is -3.70. The molecule has 0 amide bonds. The summed E-state index contributed by atoms with van der Waals surface area (Å²) in [7, 11) is -2.52. The lowest BCUT2D eigenvalue weighted by Gasteiger charge is -2.30. The molecule has 1 aromatic carbocycles. The quantitative estimate of drug-likeness (QED) is 0.201. The Morgan fingerprint density at radius 2 is 1.74 bits per heavy atom. The first-order chi connectivity index (χ1) is 14.5. The van der Waals surface area contributed by atoms with E-state index in [4.69, 9.17) is 9.47 Å². The molecule has 1 atom stereocenters. The van der Waals surface area contributed by atoms with Gasteiger partial charge in [0, 0.05) is 23.5 Å². The smallest absolute Gasteiger partial charge is 0.336 e. The molecule has 1 aliphatic heterocycles. The topological polar surface area (TPSA) is 151 Å². The van der Waals surface area contributed by atoms with E-state index in [-0.39, 0.29) is 30.0 Å². The van der Waals surface area contributed by atoms with Gasteiger partial charge in [-0.3, -0.25) is 14.3 Å². The first-order valence-electron chi connectivity index (χ1n) is 8.99. The van der Waals surface area contributed by atoms with Crippen LogP contribution in [0.15, 0.2) is 46.8 Å². The monoisotopic (exact) mass is 454 g/mol. The number of nitrogens with zero attached hydrogens (tertiary/aromatic N) is 1. The van der Waals surface area contributed by atoms with Gasteiger partial charge in [0.05, 0.1) is 35.4 Å². The zero-order valence-electron chi connectivity index (χ0n) is 17.3. The van der Waals surface area contributed by atoms with E-state index in [1.165, 1.54) is 25.3 Å². The van der Waals surface area contributed by atoms with Crippen molar-refractivity contribution in [3.8, 4) is 0 Å². The van der Waals surface area contributed by atoms with E-state index in [1.807, 2.05) is 0 Å². The summed E-state index contributed by atoms with van der Waals surface area (Å²) in [6, 6.07) is 5.54. The molecule has 168 valence electrons. The molecule has 1 unspecified atom stereocenters. The van der Waals surface area contributed by atoms with Crippen molar-refractivity contribution in [2.45, 2.75) is 19.8 Å². The van der Waals surface area contributed by atoms with Crippen LogP contribution in [-0.4, -0.2) is 51.9 Å². The van der Waals surface area contributed by atoms with Gasteiger partial charge in [0.2, 0.25) is 0 Å². The predicted molar refractivity (Wildman–Crippen MR) is 108 cm³/mol. The van der Waals surface area contributed by atoms with E-state index in [1.54, 1.807) is 19.9 Å². The summed E-state index contributed by atoms with van der Waals surface area (Å²) >= 11 is 0. The SMILES string of the molecule is COC(=O)C1=C(C)NC(C)=C(C(=O)OCCOS(C)(=O)=O)C1c1cccc([N+](=O)[O-])c1. The Morgan fingerprint density at radius 1 is 1.13 bits per heavy atom. The number of benzene rings is 1. The van der Waals surface area contributed by atoms with Gasteiger partial charge >= 0.3 is 11.9 Å². The van der Waals surface area contributed by atoms with Gasteiger partial charge in [-0.1, -0.05) is 12.1 Å². The molecule has 1 aromatic rings. The summed E-state index contributed by atoms with van der Waals surface area (Å²) in [6.45, 7) is 2.46. The molecule has 2 rings (SSSR count). The van der Waals surface area contributed by atoms with Crippen LogP contribution in [0.5, 0.6) is 0 Å². The minimum Gasteiger partial charge on any atom is -0.466 e. The van der Waals surface area contributed by atoms with Crippen molar-refractivity contribution < 1.29 is 36.6 Å². The summed E-state index contributed by atoms with van der Waals surface area (Å²) in [5.41, 5.74) is 1.01. The van der Waals surface area contributed by atoms with Crippen LogP contribution in [0.4, 0.5) is 5.69 Å². The molecule has 0 saturated heterocycles. The number of nitro groups is 1. The van der Waals surface area contributed by atoms with Crippen LogP contribution in [0.1, 0.15) is 25.3 Å². The first-order valence-corrected chi connectivity index (χ1v) is 10.8. The van der Waals surface area contributed by atoms with Crippen molar-refractivity contribution in [1.82, 2.24) is 5.32 Å². The van der Waals surface area contributed by atoms with Gasteiger partial charge in [0.1, 0.15) is 13.2 Å². The average Bonchev–Trinajstić information content (AvgIpc) is 2.69. The summed E-state index contributed by atoms with van der Waals surface area (Å²) < 4.78 is 36.6. The fraction of sp³-hybridized carbons (Fsp3) is 0.368. The number of dihydropyridines is 1. The highest BCUT2D eigenvalue weighted by Gasteiger charge is 2.38. The number of nitrogens with one attached hydrogen (secondary N) is 1. The highest BCUT2D eigenvalue weighted by Crippen LogP contribution is 2.40. The Morgan fingerprint density at radius 3 is 2.29 bits per heavy atom. The summed E-state index contributed by atoms with van der Waals surface area (Å²) in [6.07, 6.45) is 0.862. The average molecular weight is 454 g/mol. The van der Waals surface area contributed by atoms with E-state index in [0.29, 0.717) is 17.0 Å². The van der Waals surface area contributed by atoms with E-state index in [2.05, 4.69) is 9.50 Å². The Balaban J connectivity index is 2.47. The molecule has 0 fully saturated rings. The third-order valence-corrected chi connectivity index (χ3v) is 5.01. The zero-order chi connectivity index (χ0) is 23.3. The van der Waals surface area contributed by atoms with Crippen LogP contribution < -0.4 is 5.32 Å². The van der Waals surface area contributed by atoms with E-state index in [9.17, 15) is 28.1 Å². The summed E-state index contributed by atoms with van der Waals surface area (Å²) in [5, 5.41) is 14.2. The number of nitro benzene ring substituents is 1. The van der Waals surface area contributed by atoms with Gasteiger partial charge in [0.25, 0.3) is 15.8 Å². The minimum absolute atomic E-state index is 0.0332. The van der Waals surface area contributed by atoms with E-state index < -0.39 is 32.9 Å². The van der Waals surface area contributed by atoms with Crippen LogP contribution in [0.25, 0.3) is 0 Å². The number of ether oxygens (including phenoxy) is 2. The molecule has 11 nitrogen and oxygen atoms in total. The molecule has 1 N–H and O–H groups in total. The van der Waals surface area contributed by atoms with Crippen molar-refractivity contribution in [2.24, 2.45) is 0 Å². The Hall–Kier alpha value is -3.25. The number of hydrogen-bond donors (Lipinski definition) is 1. The lowest BCUT2D eigenvalue weighted by molar-refractivity contribution is -0.384. The number of hydrogen-bond acceptors (Lipinski definition) is 10. The van der Waals surface area contributed by atoms with Gasteiger partial charge in [-0.15, -0.1) is 0 Å². The number of rotatable bonds is 8. The fourth-order valence-corrected chi connectivity index (χ4v) is 3.56. The van der Waals surface area contributed by atoms with Crippen molar-refractivity contribution in [2.75, 3.05) is 26.6 Å². The molecule has 0 radical (unpaired) electrons. The molecule has 0 aromatic heterocycles. The second-order valence-electron chi connectivity index (χ2n) is 6.64. The van der Waals surface area contributed by atoms with Gasteiger partial charge in [0.15, 0.2) is 0 Å². The molecule has 0 saturated carbocycles. The third kappa shape index (κ3) is 5.89. The molecule has 0 aliphatic carbocycles. The lowest BCUT2D eigenvalue weighted by Crippen LogP contribution is -2.32. The highest BCUT2D eigenvalue weighted by atomic mass is 32.2. The first kappa shape index (κ1) is 24.0. The van der Waals surface area contributed by atoms with Gasteiger partial charge in [-0.25, -0.2) is 9.59 Å². The molecule has 12 heteroatoms. The number of esters is 2. The predicted octanol–water partition coefficient (Wildman–Crippen LogP) is 1.52. The number of non-ortho nitro benzene ring substituents is 1. The van der Waals surface area contributed by atoms with Crippen molar-refractivity contribution >= 4 is 27.7 Å². The molecule has 1 heterocycles. The van der Waals surface area contributed by atoms with Gasteiger partial charge < -0.3 is 14.8 Å². The number of carbonyl (C=O) groups is 2. The maximum atomic E-state index is 12.9. The van der Waals surface area contributed by atoms with Crippen molar-refractivity contribution in [3.63, 3.8) is 0 Å². The van der Waals surface area contributed by atoms with Crippen LogP contribution in [0, 0.1) is 10.1 Å². The van der Waals surface area contributed by atoms with Crippen molar-refractivity contribution in [1.29, 1.82) is 0 Å². The maximum absolute atomic E-state index is 12.9. The Kier molecular flexibility index (Phi) is 7.52. The second-order valence-corrected chi connectivity index (χ2v) is 8.29. The number of carbonyl (C=O) groups excluding carboxylic acids is 2. The fourth-order valence-electron chi connectivity index (χ4n) is 3.19. The molecule has 1 aliphatic rings. The zero-order valence-corrected chi connectivity index (χ0v) is 18.1. The Labute approximate surface area is 178 Å². The number of allylic oxidation sites excluding steroid dienone is 2. The molecular weight excluding hydrogens is 432 g/mol. The summed E-state index contributed by atoms with van der Waals surface area (Å²) in [5.74, 6) is -2.57. The van der Waals surface area contributed by atoms with Crippen LogP contribution in [0.3, 0.4) is 0 Å². The van der Waals surface area contributed by atoms with Crippen LogP contribution >= 0.6 is 0 Å². The van der Waals surface area contributed by atoms with Crippen LogP contribution in [-0.2, 0) is 33.4 Å². The standard InChI is InChI=1S/C19H22N2O9S/c1-11-15(18(22)28-3)17(13-6-5-7-14(10-13)21(24)25)16(12(2)20-11)19(23)29-8-9-30-31(4,26)27/h5-7,10,17,20H,8-9H2,1-4H3. The Bertz CT molecular complexity index is 1070. The maximum Gasteiger partial charge on any atom is 0.336 e. The van der Waals surface area contributed by atoms with Crippen LogP contribution in [0.2, 0.25) is 0 Å². The normalized spacial score (nSPS) is 16.6. The van der Waals surface area contributed by atoms with Gasteiger partial charge in [-0.2, -0.15) is 8.42 Å². The summed E-state index contributed by atoms with van der Waals surface area (Å²) in [4.78, 5) is 36.0. The van der Waals surface area contributed by atoms with Gasteiger partial charge in [-0.05, 0) is 19.4 Å². The van der Waals surface area contributed by atoms with Crippen molar-refractivity contribution in [3.05, 3.63) is 62.5 Å². The molecule has 31 heavy (non-hydrogen) atoms. The molecular formula is C19H22N2O9S. The highest BCUT2D eigenvalue weighted by molar-refractivity contribution is 7.85. The number of methoxy groups -OCH3 is 1. The molecule has 0 bridgehead atoms. The van der Waals surface area contributed by atoms with E-state index >= 15 is 0 Å². The second kappa shape index (κ2) is 9.71.